The maximum Gasteiger partial charge on any atom is 0.122 e. The Morgan fingerprint density at radius 2 is 2.04 bits per heavy atom. The summed E-state index contributed by atoms with van der Waals surface area (Å²) in [5.41, 5.74) is 2.70. The highest BCUT2D eigenvalue weighted by Crippen LogP contribution is 2.48. The maximum atomic E-state index is 10.6. The highest BCUT2D eigenvalue weighted by Gasteiger charge is 2.45. The van der Waals surface area contributed by atoms with Gasteiger partial charge < -0.3 is 14.9 Å². The smallest absolute Gasteiger partial charge is 0.122 e. The lowest BCUT2D eigenvalue weighted by Crippen LogP contribution is -2.29. The molecule has 2 N–H and O–H groups in total. The van der Waals surface area contributed by atoms with E-state index in [2.05, 4.69) is 19.1 Å². The topological polar surface area (TPSA) is 49.7 Å². The second kappa shape index (κ2) is 8.55. The fraction of sp³-hybridized carbons (Fsp3) is 0.727. The molecule has 25 heavy (non-hydrogen) atoms. The number of hydrogen-bond donors (Lipinski definition) is 2. The molecule has 3 rings (SSSR count). The van der Waals surface area contributed by atoms with E-state index in [4.69, 9.17) is 4.74 Å². The van der Waals surface area contributed by atoms with Crippen molar-refractivity contribution in [1.82, 2.24) is 0 Å². The standard InChI is InChI=1S/C22H34O3/c1-3-4-5-6-9-17(23)14-20-18-11-15-8-7-10-22(25-2)19(15)12-16(18)13-21(20)24/h7-8,10,16-18,20-21,23-24H,3-6,9,11-14H2,1-2H3. The molecule has 140 valence electrons. The van der Waals surface area contributed by atoms with Gasteiger partial charge in [0.25, 0.3) is 0 Å². The van der Waals surface area contributed by atoms with Gasteiger partial charge in [0.05, 0.1) is 19.3 Å². The molecule has 0 saturated heterocycles. The van der Waals surface area contributed by atoms with E-state index in [1.807, 2.05) is 6.07 Å². The van der Waals surface area contributed by atoms with Crippen molar-refractivity contribution in [1.29, 1.82) is 0 Å². The van der Waals surface area contributed by atoms with Crippen LogP contribution in [-0.4, -0.2) is 29.5 Å². The number of hydrogen-bond acceptors (Lipinski definition) is 3. The molecule has 2 aliphatic rings. The third-order valence-electron chi connectivity index (χ3n) is 6.50. The molecular weight excluding hydrogens is 312 g/mol. The Kier molecular flexibility index (Phi) is 6.40. The first-order valence-corrected chi connectivity index (χ1v) is 10.1. The lowest BCUT2D eigenvalue weighted by atomic mass is 9.73. The van der Waals surface area contributed by atoms with Crippen LogP contribution in [0, 0.1) is 17.8 Å². The molecule has 2 aliphatic carbocycles. The van der Waals surface area contributed by atoms with Crippen LogP contribution in [0.1, 0.15) is 63.0 Å². The van der Waals surface area contributed by atoms with Crippen LogP contribution in [0.25, 0.3) is 0 Å². The van der Waals surface area contributed by atoms with Crippen molar-refractivity contribution in [2.45, 2.75) is 76.9 Å². The molecule has 0 radical (unpaired) electrons. The molecule has 0 aromatic heterocycles. The third-order valence-corrected chi connectivity index (χ3v) is 6.50. The largest absolute Gasteiger partial charge is 0.496 e. The normalized spacial score (nSPS) is 29.1. The van der Waals surface area contributed by atoms with E-state index in [-0.39, 0.29) is 18.1 Å². The number of unbranched alkanes of at least 4 members (excludes halogenated alkanes) is 3. The van der Waals surface area contributed by atoms with Crippen molar-refractivity contribution in [3.05, 3.63) is 29.3 Å². The fourth-order valence-corrected chi connectivity index (χ4v) is 5.16. The summed E-state index contributed by atoms with van der Waals surface area (Å²) in [6.45, 7) is 2.21. The third kappa shape index (κ3) is 4.20. The minimum atomic E-state index is -0.263. The molecule has 1 fully saturated rings. The summed E-state index contributed by atoms with van der Waals surface area (Å²) in [5.74, 6) is 2.26. The molecule has 1 aromatic carbocycles. The molecule has 3 nitrogen and oxygen atoms in total. The summed E-state index contributed by atoms with van der Waals surface area (Å²) < 4.78 is 5.54. The van der Waals surface area contributed by atoms with Gasteiger partial charge in [-0.2, -0.15) is 0 Å². The molecule has 1 aromatic rings. The van der Waals surface area contributed by atoms with E-state index in [1.165, 1.54) is 30.4 Å². The zero-order chi connectivity index (χ0) is 17.8. The summed E-state index contributed by atoms with van der Waals surface area (Å²) in [7, 11) is 1.74. The molecular formula is C22H34O3. The lowest BCUT2D eigenvalue weighted by Gasteiger charge is -2.33. The Morgan fingerprint density at radius 3 is 2.80 bits per heavy atom. The fourth-order valence-electron chi connectivity index (χ4n) is 5.16. The van der Waals surface area contributed by atoms with Crippen LogP contribution in [0.2, 0.25) is 0 Å². The van der Waals surface area contributed by atoms with Gasteiger partial charge in [-0.3, -0.25) is 0 Å². The minimum Gasteiger partial charge on any atom is -0.496 e. The number of benzene rings is 1. The quantitative estimate of drug-likeness (QED) is 0.696. The van der Waals surface area contributed by atoms with Gasteiger partial charge in [-0.15, -0.1) is 0 Å². The molecule has 0 spiro atoms. The summed E-state index contributed by atoms with van der Waals surface area (Å²) in [4.78, 5) is 0. The van der Waals surface area contributed by atoms with Gasteiger partial charge in [-0.25, -0.2) is 0 Å². The van der Waals surface area contributed by atoms with E-state index < -0.39 is 0 Å². The van der Waals surface area contributed by atoms with Crippen molar-refractivity contribution in [2.24, 2.45) is 17.8 Å². The van der Waals surface area contributed by atoms with Gasteiger partial charge in [0, 0.05) is 0 Å². The van der Waals surface area contributed by atoms with Crippen LogP contribution in [0.3, 0.4) is 0 Å². The first kappa shape index (κ1) is 18.7. The van der Waals surface area contributed by atoms with Gasteiger partial charge in [0.15, 0.2) is 0 Å². The van der Waals surface area contributed by atoms with E-state index in [0.29, 0.717) is 11.8 Å². The number of rotatable bonds is 8. The first-order chi connectivity index (χ1) is 12.1. The number of aliphatic hydroxyl groups excluding tert-OH is 2. The van der Waals surface area contributed by atoms with Crippen LogP contribution in [-0.2, 0) is 12.8 Å². The predicted molar refractivity (Wildman–Crippen MR) is 101 cm³/mol. The van der Waals surface area contributed by atoms with Crippen molar-refractivity contribution >= 4 is 0 Å². The molecule has 0 heterocycles. The van der Waals surface area contributed by atoms with Gasteiger partial charge >= 0.3 is 0 Å². The molecule has 0 aliphatic heterocycles. The van der Waals surface area contributed by atoms with Crippen molar-refractivity contribution in [3.8, 4) is 5.75 Å². The first-order valence-electron chi connectivity index (χ1n) is 10.1. The SMILES string of the molecule is CCCCCCC(O)CC1C(O)CC2Cc3c(cccc3OC)CC21. The summed E-state index contributed by atoms with van der Waals surface area (Å²) in [6.07, 6.45) is 8.79. The maximum absolute atomic E-state index is 10.6. The number of methoxy groups -OCH3 is 1. The predicted octanol–water partition coefficient (Wildman–Crippen LogP) is 4.13. The molecule has 5 atom stereocenters. The molecule has 3 heteroatoms. The monoisotopic (exact) mass is 346 g/mol. The van der Waals surface area contributed by atoms with Crippen molar-refractivity contribution in [3.63, 3.8) is 0 Å². The van der Waals surface area contributed by atoms with Crippen molar-refractivity contribution in [2.75, 3.05) is 7.11 Å². The Hall–Kier alpha value is -1.06. The van der Waals surface area contributed by atoms with Gasteiger partial charge in [0.2, 0.25) is 0 Å². The average Bonchev–Trinajstić information content (AvgIpc) is 2.91. The molecule has 0 amide bonds. The van der Waals surface area contributed by atoms with Crippen molar-refractivity contribution < 1.29 is 14.9 Å². The van der Waals surface area contributed by atoms with E-state index in [0.717, 1.165) is 44.3 Å². The highest BCUT2D eigenvalue weighted by atomic mass is 16.5. The van der Waals surface area contributed by atoms with E-state index in [9.17, 15) is 10.2 Å². The Bertz CT molecular complexity index is 556. The summed E-state index contributed by atoms with van der Waals surface area (Å²) >= 11 is 0. The van der Waals surface area contributed by atoms with E-state index in [1.54, 1.807) is 7.11 Å². The van der Waals surface area contributed by atoms with Gasteiger partial charge in [0.1, 0.15) is 5.75 Å². The molecule has 0 bridgehead atoms. The Balaban J connectivity index is 1.63. The molecule has 5 unspecified atom stereocenters. The van der Waals surface area contributed by atoms with Gasteiger partial charge in [-0.1, -0.05) is 44.7 Å². The van der Waals surface area contributed by atoms with Crippen LogP contribution in [0.4, 0.5) is 0 Å². The second-order valence-electron chi connectivity index (χ2n) is 8.14. The van der Waals surface area contributed by atoms with Crippen LogP contribution in [0.5, 0.6) is 5.75 Å². The summed E-state index contributed by atoms with van der Waals surface area (Å²) in [6, 6.07) is 6.32. The number of ether oxygens (including phenoxy) is 1. The van der Waals surface area contributed by atoms with Crippen LogP contribution < -0.4 is 4.74 Å². The zero-order valence-electron chi connectivity index (χ0n) is 15.8. The lowest BCUT2D eigenvalue weighted by molar-refractivity contribution is 0.0586. The second-order valence-corrected chi connectivity index (χ2v) is 8.14. The highest BCUT2D eigenvalue weighted by molar-refractivity contribution is 5.43. The number of fused-ring (bicyclic) bond motifs is 2. The summed E-state index contributed by atoms with van der Waals surface area (Å²) in [5, 5.41) is 21.1. The average molecular weight is 347 g/mol. The molecule has 1 saturated carbocycles. The minimum absolute atomic E-state index is 0.241. The Labute approximate surface area is 152 Å². The van der Waals surface area contributed by atoms with E-state index >= 15 is 0 Å². The number of aliphatic hydroxyl groups is 2. The van der Waals surface area contributed by atoms with Gasteiger partial charge in [-0.05, 0) is 67.1 Å². The zero-order valence-corrected chi connectivity index (χ0v) is 15.8. The van der Waals surface area contributed by atoms with Crippen LogP contribution in [0.15, 0.2) is 18.2 Å². The van der Waals surface area contributed by atoms with Crippen LogP contribution >= 0.6 is 0 Å². The Morgan fingerprint density at radius 1 is 1.20 bits per heavy atom.